The summed E-state index contributed by atoms with van der Waals surface area (Å²) < 4.78 is 0. The van der Waals surface area contributed by atoms with Crippen LogP contribution < -0.4 is 5.32 Å². The summed E-state index contributed by atoms with van der Waals surface area (Å²) in [6.07, 6.45) is 0.751. The molecule has 0 bridgehead atoms. The van der Waals surface area contributed by atoms with Crippen molar-refractivity contribution in [1.82, 2.24) is 10.3 Å². The zero-order valence-corrected chi connectivity index (χ0v) is 13.0. The number of hydrogen-bond acceptors (Lipinski definition) is 2. The minimum atomic E-state index is -0.114. The average molecular weight is 303 g/mol. The molecule has 0 saturated carbocycles. The van der Waals surface area contributed by atoms with Gasteiger partial charge in [-0.2, -0.15) is 0 Å². The molecule has 21 heavy (non-hydrogen) atoms. The van der Waals surface area contributed by atoms with E-state index in [1.54, 1.807) is 12.1 Å². The van der Waals surface area contributed by atoms with Gasteiger partial charge in [0.05, 0.1) is 0 Å². The molecule has 1 amide bonds. The number of benzene rings is 1. The number of aromatic nitrogens is 1. The number of amides is 1. The molecule has 0 saturated heterocycles. The van der Waals surface area contributed by atoms with E-state index < -0.39 is 0 Å². The SMILES string of the molecule is CCc1cc(C(=O)NCC(C)c2ccccc2)cc(Cl)n1. The first-order valence-corrected chi connectivity index (χ1v) is 7.47. The van der Waals surface area contributed by atoms with E-state index in [0.717, 1.165) is 12.1 Å². The summed E-state index contributed by atoms with van der Waals surface area (Å²) in [5.41, 5.74) is 2.59. The predicted molar refractivity (Wildman–Crippen MR) is 85.8 cm³/mol. The molecule has 0 fully saturated rings. The highest BCUT2D eigenvalue weighted by Crippen LogP contribution is 2.14. The van der Waals surface area contributed by atoms with E-state index in [4.69, 9.17) is 11.6 Å². The molecule has 1 N–H and O–H groups in total. The van der Waals surface area contributed by atoms with Gasteiger partial charge in [-0.05, 0) is 30.0 Å². The summed E-state index contributed by atoms with van der Waals surface area (Å²) in [7, 11) is 0. The fourth-order valence-electron chi connectivity index (χ4n) is 2.11. The van der Waals surface area contributed by atoms with Crippen LogP contribution in [-0.2, 0) is 6.42 Å². The molecule has 110 valence electrons. The van der Waals surface area contributed by atoms with Gasteiger partial charge in [-0.25, -0.2) is 4.98 Å². The highest BCUT2D eigenvalue weighted by atomic mass is 35.5. The van der Waals surface area contributed by atoms with Crippen LogP contribution in [0.1, 0.15) is 41.4 Å². The van der Waals surface area contributed by atoms with Crippen molar-refractivity contribution in [2.75, 3.05) is 6.54 Å². The molecule has 2 rings (SSSR count). The molecule has 4 heteroatoms. The van der Waals surface area contributed by atoms with Gasteiger partial charge < -0.3 is 5.32 Å². The second kappa shape index (κ2) is 7.23. The van der Waals surface area contributed by atoms with Crippen LogP contribution in [-0.4, -0.2) is 17.4 Å². The second-order valence-corrected chi connectivity index (χ2v) is 5.43. The number of nitrogens with one attached hydrogen (secondary N) is 1. The van der Waals surface area contributed by atoms with Gasteiger partial charge in [-0.15, -0.1) is 0 Å². The highest BCUT2D eigenvalue weighted by molar-refractivity contribution is 6.29. The minimum absolute atomic E-state index is 0.114. The van der Waals surface area contributed by atoms with Gasteiger partial charge in [-0.1, -0.05) is 55.8 Å². The average Bonchev–Trinajstić information content (AvgIpc) is 2.52. The summed E-state index contributed by atoms with van der Waals surface area (Å²) in [4.78, 5) is 16.4. The van der Waals surface area contributed by atoms with E-state index in [9.17, 15) is 4.79 Å². The van der Waals surface area contributed by atoms with Crippen molar-refractivity contribution in [3.63, 3.8) is 0 Å². The van der Waals surface area contributed by atoms with E-state index in [1.165, 1.54) is 5.56 Å². The number of carbonyl (C=O) groups excluding carboxylic acids is 1. The largest absolute Gasteiger partial charge is 0.351 e. The topological polar surface area (TPSA) is 42.0 Å². The van der Waals surface area contributed by atoms with Crippen molar-refractivity contribution >= 4 is 17.5 Å². The van der Waals surface area contributed by atoms with Gasteiger partial charge in [0.25, 0.3) is 5.91 Å². The maximum Gasteiger partial charge on any atom is 0.251 e. The standard InChI is InChI=1S/C17H19ClN2O/c1-3-15-9-14(10-16(18)20-15)17(21)19-11-12(2)13-7-5-4-6-8-13/h4-10,12H,3,11H2,1-2H3,(H,19,21). The third-order valence-electron chi connectivity index (χ3n) is 3.41. The molecular weight excluding hydrogens is 284 g/mol. The van der Waals surface area contributed by atoms with Gasteiger partial charge in [0, 0.05) is 17.8 Å². The quantitative estimate of drug-likeness (QED) is 0.853. The smallest absolute Gasteiger partial charge is 0.251 e. The lowest BCUT2D eigenvalue weighted by molar-refractivity contribution is 0.0951. The van der Waals surface area contributed by atoms with E-state index in [0.29, 0.717) is 17.3 Å². The Balaban J connectivity index is 2.00. The minimum Gasteiger partial charge on any atom is -0.351 e. The van der Waals surface area contributed by atoms with E-state index in [1.807, 2.05) is 25.1 Å². The maximum absolute atomic E-state index is 12.2. The van der Waals surface area contributed by atoms with Crippen LogP contribution >= 0.6 is 11.6 Å². The number of aryl methyl sites for hydroxylation is 1. The molecule has 1 aromatic heterocycles. The number of halogens is 1. The molecule has 1 atom stereocenters. The Morgan fingerprint density at radius 2 is 2.00 bits per heavy atom. The van der Waals surface area contributed by atoms with Crippen LogP contribution in [0.5, 0.6) is 0 Å². The number of rotatable bonds is 5. The monoisotopic (exact) mass is 302 g/mol. The molecule has 0 aliphatic rings. The third-order valence-corrected chi connectivity index (χ3v) is 3.60. The lowest BCUT2D eigenvalue weighted by Crippen LogP contribution is -2.27. The van der Waals surface area contributed by atoms with Gasteiger partial charge >= 0.3 is 0 Å². The summed E-state index contributed by atoms with van der Waals surface area (Å²) in [5, 5.41) is 3.31. The summed E-state index contributed by atoms with van der Waals surface area (Å²) >= 11 is 5.94. The zero-order valence-electron chi connectivity index (χ0n) is 12.3. The highest BCUT2D eigenvalue weighted by Gasteiger charge is 2.11. The molecule has 2 aromatic rings. The molecule has 1 heterocycles. The van der Waals surface area contributed by atoms with E-state index >= 15 is 0 Å². The van der Waals surface area contributed by atoms with Crippen molar-refractivity contribution in [3.05, 3.63) is 64.4 Å². The van der Waals surface area contributed by atoms with Crippen LogP contribution in [0.25, 0.3) is 0 Å². The van der Waals surface area contributed by atoms with Crippen molar-refractivity contribution in [2.45, 2.75) is 26.2 Å². The predicted octanol–water partition coefficient (Wildman–Crippen LogP) is 3.83. The van der Waals surface area contributed by atoms with Crippen LogP contribution in [0.15, 0.2) is 42.5 Å². The Hall–Kier alpha value is -1.87. The van der Waals surface area contributed by atoms with Crippen molar-refractivity contribution in [1.29, 1.82) is 0 Å². The van der Waals surface area contributed by atoms with Crippen LogP contribution in [0.3, 0.4) is 0 Å². The normalized spacial score (nSPS) is 12.0. The Morgan fingerprint density at radius 1 is 1.29 bits per heavy atom. The molecule has 0 aliphatic carbocycles. The Labute approximate surface area is 130 Å². The summed E-state index contributed by atoms with van der Waals surface area (Å²) in [5.74, 6) is 0.148. The maximum atomic E-state index is 12.2. The number of carbonyl (C=O) groups is 1. The Bertz CT molecular complexity index is 613. The van der Waals surface area contributed by atoms with Gasteiger partial charge in [0.1, 0.15) is 5.15 Å². The summed E-state index contributed by atoms with van der Waals surface area (Å²) in [6, 6.07) is 13.5. The van der Waals surface area contributed by atoms with E-state index in [-0.39, 0.29) is 11.8 Å². The lowest BCUT2D eigenvalue weighted by atomic mass is 10.0. The molecule has 1 aromatic carbocycles. The Kier molecular flexibility index (Phi) is 5.34. The second-order valence-electron chi connectivity index (χ2n) is 5.05. The molecule has 0 radical (unpaired) electrons. The molecule has 0 aliphatic heterocycles. The fourth-order valence-corrected chi connectivity index (χ4v) is 2.34. The van der Waals surface area contributed by atoms with Crippen molar-refractivity contribution < 1.29 is 4.79 Å². The van der Waals surface area contributed by atoms with E-state index in [2.05, 4.69) is 29.4 Å². The molecule has 0 spiro atoms. The first-order valence-electron chi connectivity index (χ1n) is 7.09. The van der Waals surface area contributed by atoms with Crippen LogP contribution in [0.4, 0.5) is 0 Å². The number of nitrogens with zero attached hydrogens (tertiary/aromatic N) is 1. The third kappa shape index (κ3) is 4.30. The lowest BCUT2D eigenvalue weighted by Gasteiger charge is -2.13. The molecule has 1 unspecified atom stereocenters. The molecular formula is C17H19ClN2O. The molecule has 3 nitrogen and oxygen atoms in total. The van der Waals surface area contributed by atoms with Crippen LogP contribution in [0.2, 0.25) is 5.15 Å². The van der Waals surface area contributed by atoms with Crippen molar-refractivity contribution in [3.8, 4) is 0 Å². The summed E-state index contributed by atoms with van der Waals surface area (Å²) in [6.45, 7) is 4.66. The van der Waals surface area contributed by atoms with Crippen LogP contribution in [0, 0.1) is 0 Å². The zero-order chi connectivity index (χ0) is 15.2. The van der Waals surface area contributed by atoms with Gasteiger partial charge in [-0.3, -0.25) is 4.79 Å². The fraction of sp³-hybridized carbons (Fsp3) is 0.294. The Morgan fingerprint density at radius 3 is 2.67 bits per heavy atom. The van der Waals surface area contributed by atoms with Crippen molar-refractivity contribution in [2.24, 2.45) is 0 Å². The van der Waals surface area contributed by atoms with Gasteiger partial charge in [0.2, 0.25) is 0 Å². The van der Waals surface area contributed by atoms with Gasteiger partial charge in [0.15, 0.2) is 0 Å². The number of pyridine rings is 1. The number of hydrogen-bond donors (Lipinski definition) is 1. The first kappa shape index (κ1) is 15.5. The first-order chi connectivity index (χ1) is 10.1.